The van der Waals surface area contributed by atoms with E-state index < -0.39 is 28.8 Å². The van der Waals surface area contributed by atoms with Gasteiger partial charge < -0.3 is 10.3 Å². The van der Waals surface area contributed by atoms with Gasteiger partial charge in [0.05, 0.1) is 0 Å². The lowest BCUT2D eigenvalue weighted by Crippen LogP contribution is -2.25. The zero-order chi connectivity index (χ0) is 14.0. The van der Waals surface area contributed by atoms with Crippen molar-refractivity contribution in [3.63, 3.8) is 0 Å². The summed E-state index contributed by atoms with van der Waals surface area (Å²) < 4.78 is 26.8. The topological polar surface area (TPSA) is 62.0 Å². The largest absolute Gasteiger partial charge is 0.328 e. The lowest BCUT2D eigenvalue weighted by Gasteiger charge is -2.08. The van der Waals surface area contributed by atoms with Crippen molar-refractivity contribution in [3.8, 4) is 0 Å². The highest BCUT2D eigenvalue weighted by atomic mass is 19.1. The molecular weight excluding hydrogens is 254 g/mol. The van der Waals surface area contributed by atoms with Gasteiger partial charge >= 0.3 is 0 Å². The molecule has 2 rings (SSSR count). The molecule has 1 aromatic heterocycles. The van der Waals surface area contributed by atoms with Crippen molar-refractivity contribution in [3.05, 3.63) is 63.6 Å². The highest BCUT2D eigenvalue weighted by molar-refractivity contribution is 6.05. The molecule has 2 N–H and O–H groups in total. The third-order valence-corrected chi connectivity index (χ3v) is 2.60. The van der Waals surface area contributed by atoms with Gasteiger partial charge in [-0.25, -0.2) is 8.78 Å². The van der Waals surface area contributed by atoms with Crippen LogP contribution in [0.1, 0.15) is 15.9 Å². The number of rotatable bonds is 2. The van der Waals surface area contributed by atoms with E-state index in [9.17, 15) is 18.4 Å². The second kappa shape index (κ2) is 5.01. The lowest BCUT2D eigenvalue weighted by molar-refractivity contribution is 0.102. The smallest absolute Gasteiger partial charge is 0.261 e. The Hall–Kier alpha value is -2.50. The number of halogens is 2. The number of aromatic amines is 1. The van der Waals surface area contributed by atoms with Gasteiger partial charge in [-0.05, 0) is 30.7 Å². The summed E-state index contributed by atoms with van der Waals surface area (Å²) in [5, 5.41) is 2.07. The number of benzene rings is 1. The number of nitrogens with one attached hydrogen (secondary N) is 2. The molecule has 4 nitrogen and oxygen atoms in total. The van der Waals surface area contributed by atoms with Gasteiger partial charge in [0.1, 0.15) is 22.9 Å². The number of hydrogen-bond donors (Lipinski definition) is 2. The normalized spacial score (nSPS) is 10.3. The molecular formula is C13H10F2N2O2. The minimum atomic E-state index is -0.904. The minimum Gasteiger partial charge on any atom is -0.328 e. The fourth-order valence-electron chi connectivity index (χ4n) is 1.65. The SMILES string of the molecule is Cc1cc[nH]c(=O)c1C(=O)Nc1c(F)cccc1F. The number of pyridine rings is 1. The van der Waals surface area contributed by atoms with Crippen LogP contribution in [0.5, 0.6) is 0 Å². The van der Waals surface area contributed by atoms with Gasteiger partial charge in [-0.1, -0.05) is 6.07 Å². The second-order valence-electron chi connectivity index (χ2n) is 3.92. The molecule has 0 saturated heterocycles. The highest BCUT2D eigenvalue weighted by Gasteiger charge is 2.17. The molecule has 6 heteroatoms. The maximum atomic E-state index is 13.4. The second-order valence-corrected chi connectivity index (χ2v) is 3.92. The van der Waals surface area contributed by atoms with E-state index in [-0.39, 0.29) is 5.56 Å². The van der Waals surface area contributed by atoms with E-state index in [1.54, 1.807) is 6.92 Å². The Morgan fingerprint density at radius 3 is 2.42 bits per heavy atom. The van der Waals surface area contributed by atoms with Gasteiger partial charge in [-0.15, -0.1) is 0 Å². The van der Waals surface area contributed by atoms with Crippen molar-refractivity contribution in [2.45, 2.75) is 6.92 Å². The van der Waals surface area contributed by atoms with Gasteiger partial charge in [0.2, 0.25) is 0 Å². The fourth-order valence-corrected chi connectivity index (χ4v) is 1.65. The van der Waals surface area contributed by atoms with Crippen molar-refractivity contribution in [1.29, 1.82) is 0 Å². The maximum absolute atomic E-state index is 13.4. The number of aryl methyl sites for hydroxylation is 1. The summed E-state index contributed by atoms with van der Waals surface area (Å²) in [5.41, 5.74) is -0.951. The molecule has 19 heavy (non-hydrogen) atoms. The monoisotopic (exact) mass is 264 g/mol. The number of carbonyl (C=O) groups is 1. The van der Waals surface area contributed by atoms with E-state index in [0.717, 1.165) is 12.1 Å². The predicted molar refractivity (Wildman–Crippen MR) is 66.1 cm³/mol. The summed E-state index contributed by atoms with van der Waals surface area (Å²) in [4.78, 5) is 25.8. The summed E-state index contributed by atoms with van der Waals surface area (Å²) in [6.45, 7) is 1.56. The third-order valence-electron chi connectivity index (χ3n) is 2.60. The van der Waals surface area contributed by atoms with E-state index in [0.29, 0.717) is 5.56 Å². The number of hydrogen-bond acceptors (Lipinski definition) is 2. The van der Waals surface area contributed by atoms with Crippen LogP contribution in [0.15, 0.2) is 35.3 Å². The molecule has 1 heterocycles. The zero-order valence-electron chi connectivity index (χ0n) is 9.96. The van der Waals surface area contributed by atoms with Crippen LogP contribution in [0.25, 0.3) is 0 Å². The Balaban J connectivity index is 2.40. The molecule has 1 amide bonds. The Kier molecular flexibility index (Phi) is 3.41. The van der Waals surface area contributed by atoms with Crippen LogP contribution in [0.4, 0.5) is 14.5 Å². The van der Waals surface area contributed by atoms with Crippen LogP contribution < -0.4 is 10.9 Å². The molecule has 0 aliphatic rings. The van der Waals surface area contributed by atoms with Crippen LogP contribution in [0, 0.1) is 18.6 Å². The van der Waals surface area contributed by atoms with E-state index in [1.807, 2.05) is 0 Å². The first-order valence-corrected chi connectivity index (χ1v) is 5.44. The van der Waals surface area contributed by atoms with E-state index in [4.69, 9.17) is 0 Å². The van der Waals surface area contributed by atoms with Gasteiger partial charge in [-0.2, -0.15) is 0 Å². The number of carbonyl (C=O) groups excluding carboxylic acids is 1. The first kappa shape index (κ1) is 12.9. The Bertz CT molecular complexity index is 675. The van der Waals surface area contributed by atoms with E-state index >= 15 is 0 Å². The van der Waals surface area contributed by atoms with E-state index in [1.165, 1.54) is 18.3 Å². The van der Waals surface area contributed by atoms with Crippen molar-refractivity contribution in [2.24, 2.45) is 0 Å². The Morgan fingerprint density at radius 1 is 1.21 bits per heavy atom. The van der Waals surface area contributed by atoms with Gasteiger partial charge in [-0.3, -0.25) is 9.59 Å². The van der Waals surface area contributed by atoms with Crippen molar-refractivity contribution in [2.75, 3.05) is 5.32 Å². The first-order valence-electron chi connectivity index (χ1n) is 5.44. The predicted octanol–water partition coefficient (Wildman–Crippen LogP) is 2.21. The molecule has 0 fully saturated rings. The number of anilines is 1. The number of para-hydroxylation sites is 1. The molecule has 2 aromatic rings. The molecule has 0 spiro atoms. The first-order chi connectivity index (χ1) is 9.00. The number of H-pyrrole nitrogens is 1. The van der Waals surface area contributed by atoms with Gasteiger partial charge in [0, 0.05) is 6.20 Å². The average molecular weight is 264 g/mol. The Morgan fingerprint density at radius 2 is 1.84 bits per heavy atom. The molecule has 0 aliphatic heterocycles. The zero-order valence-corrected chi connectivity index (χ0v) is 9.96. The molecule has 1 aromatic carbocycles. The highest BCUT2D eigenvalue weighted by Crippen LogP contribution is 2.18. The molecule has 0 radical (unpaired) electrons. The maximum Gasteiger partial charge on any atom is 0.261 e. The summed E-state index contributed by atoms with van der Waals surface area (Å²) in [7, 11) is 0. The fraction of sp³-hybridized carbons (Fsp3) is 0.0769. The summed E-state index contributed by atoms with van der Waals surface area (Å²) in [6.07, 6.45) is 1.39. The van der Waals surface area contributed by atoms with Crippen LogP contribution in [0.3, 0.4) is 0 Å². The molecule has 0 saturated carbocycles. The van der Waals surface area contributed by atoms with Crippen LogP contribution in [-0.4, -0.2) is 10.9 Å². The molecule has 0 aliphatic carbocycles. The quantitative estimate of drug-likeness (QED) is 0.873. The van der Waals surface area contributed by atoms with E-state index in [2.05, 4.69) is 10.3 Å². The minimum absolute atomic E-state index is 0.176. The molecule has 98 valence electrons. The van der Waals surface area contributed by atoms with Gasteiger partial charge in [0.25, 0.3) is 11.5 Å². The number of amides is 1. The summed E-state index contributed by atoms with van der Waals surface area (Å²) >= 11 is 0. The van der Waals surface area contributed by atoms with Crippen LogP contribution in [0.2, 0.25) is 0 Å². The number of aromatic nitrogens is 1. The average Bonchev–Trinajstić information content (AvgIpc) is 2.34. The van der Waals surface area contributed by atoms with Crippen molar-refractivity contribution < 1.29 is 13.6 Å². The van der Waals surface area contributed by atoms with Gasteiger partial charge in [0.15, 0.2) is 0 Å². The lowest BCUT2D eigenvalue weighted by atomic mass is 10.1. The summed E-state index contributed by atoms with van der Waals surface area (Å²) in [6, 6.07) is 4.73. The van der Waals surface area contributed by atoms with Crippen molar-refractivity contribution in [1.82, 2.24) is 4.98 Å². The van der Waals surface area contributed by atoms with Crippen molar-refractivity contribution >= 4 is 11.6 Å². The molecule has 0 bridgehead atoms. The summed E-state index contributed by atoms with van der Waals surface area (Å²) in [5.74, 6) is -2.67. The third kappa shape index (κ3) is 2.52. The molecule has 0 unspecified atom stereocenters. The molecule has 0 atom stereocenters. The van der Waals surface area contributed by atoms with Crippen LogP contribution in [-0.2, 0) is 0 Å². The van der Waals surface area contributed by atoms with Crippen LogP contribution >= 0.6 is 0 Å². The Labute approximate surface area is 107 Å². The standard InChI is InChI=1S/C13H10F2N2O2/c1-7-5-6-16-12(18)10(7)13(19)17-11-8(14)3-2-4-9(11)15/h2-6H,1H3,(H,16,18)(H,17,19).